The molecule has 5 rings (SSSR count). The summed E-state index contributed by atoms with van der Waals surface area (Å²) in [7, 11) is 0. The maximum Gasteiger partial charge on any atom is 0.276 e. The Balaban J connectivity index is 1.30. The van der Waals surface area contributed by atoms with Gasteiger partial charge in [0, 0.05) is 43.6 Å². The predicted octanol–water partition coefficient (Wildman–Crippen LogP) is 2.75. The molecule has 0 spiro atoms. The topological polar surface area (TPSA) is 86.0 Å². The molecule has 1 aliphatic heterocycles. The third-order valence-electron chi connectivity index (χ3n) is 5.54. The van der Waals surface area contributed by atoms with Gasteiger partial charge in [-0.1, -0.05) is 12.1 Å². The standard InChI is InChI=1S/C23H25N5O2/c29-23-22(26-19-4-1-2-5-20(19)27-23)21-15-16-14-17(6-7-18(16)25-21)30-13-3-10-28-11-8-24-9-12-28/h1-2,4-7,14-15,24-25H,3,8-13H2,(H,27,29). The fourth-order valence-electron chi connectivity index (χ4n) is 3.95. The smallest absolute Gasteiger partial charge is 0.276 e. The van der Waals surface area contributed by atoms with Crippen LogP contribution in [0.15, 0.2) is 53.3 Å². The molecular formula is C23H25N5O2. The summed E-state index contributed by atoms with van der Waals surface area (Å²) in [5.74, 6) is 0.841. The van der Waals surface area contributed by atoms with Crippen LogP contribution in [-0.2, 0) is 0 Å². The van der Waals surface area contributed by atoms with Crippen molar-refractivity contribution in [1.29, 1.82) is 0 Å². The normalized spacial score (nSPS) is 15.1. The molecule has 2 aromatic carbocycles. The van der Waals surface area contributed by atoms with E-state index in [1.54, 1.807) is 0 Å². The molecule has 0 amide bonds. The molecule has 0 bridgehead atoms. The maximum atomic E-state index is 12.5. The Kier molecular flexibility index (Phi) is 5.21. The van der Waals surface area contributed by atoms with Crippen LogP contribution in [0.4, 0.5) is 0 Å². The highest BCUT2D eigenvalue weighted by Crippen LogP contribution is 2.25. The molecular weight excluding hydrogens is 378 g/mol. The van der Waals surface area contributed by atoms with Gasteiger partial charge in [-0.2, -0.15) is 0 Å². The first-order valence-electron chi connectivity index (χ1n) is 10.4. The summed E-state index contributed by atoms with van der Waals surface area (Å²) in [5, 5.41) is 4.37. The van der Waals surface area contributed by atoms with E-state index in [-0.39, 0.29) is 5.56 Å². The largest absolute Gasteiger partial charge is 0.494 e. The Hall–Kier alpha value is -3.16. The molecule has 0 radical (unpaired) electrons. The Bertz CT molecular complexity index is 1220. The Morgan fingerprint density at radius 2 is 1.87 bits per heavy atom. The van der Waals surface area contributed by atoms with E-state index in [0.717, 1.165) is 66.8 Å². The summed E-state index contributed by atoms with van der Waals surface area (Å²) in [6.07, 6.45) is 1.01. The number of benzene rings is 2. The highest BCUT2D eigenvalue weighted by atomic mass is 16.5. The molecule has 1 saturated heterocycles. The van der Waals surface area contributed by atoms with Crippen molar-refractivity contribution in [2.75, 3.05) is 39.3 Å². The number of hydrogen-bond acceptors (Lipinski definition) is 5. The average Bonchev–Trinajstić information content (AvgIpc) is 3.20. The van der Waals surface area contributed by atoms with E-state index in [0.29, 0.717) is 18.0 Å². The highest BCUT2D eigenvalue weighted by molar-refractivity contribution is 5.87. The summed E-state index contributed by atoms with van der Waals surface area (Å²) in [6, 6.07) is 15.5. The number of nitrogens with zero attached hydrogens (tertiary/aromatic N) is 2. The summed E-state index contributed by atoms with van der Waals surface area (Å²) in [5.41, 5.74) is 3.34. The predicted molar refractivity (Wildman–Crippen MR) is 119 cm³/mol. The SMILES string of the molecule is O=c1[nH]c2ccccc2nc1-c1cc2cc(OCCCN3CCNCC3)ccc2[nH]1. The fraction of sp³-hybridized carbons (Fsp3) is 0.304. The van der Waals surface area contributed by atoms with Crippen LogP contribution in [0.2, 0.25) is 0 Å². The van der Waals surface area contributed by atoms with E-state index >= 15 is 0 Å². The minimum absolute atomic E-state index is 0.204. The van der Waals surface area contributed by atoms with Gasteiger partial charge in [-0.25, -0.2) is 4.98 Å². The lowest BCUT2D eigenvalue weighted by Crippen LogP contribution is -2.43. The summed E-state index contributed by atoms with van der Waals surface area (Å²) in [4.78, 5) is 25.7. The third kappa shape index (κ3) is 3.94. The molecule has 0 unspecified atom stereocenters. The minimum atomic E-state index is -0.204. The van der Waals surface area contributed by atoms with Crippen molar-refractivity contribution in [1.82, 2.24) is 25.2 Å². The van der Waals surface area contributed by atoms with Crippen LogP contribution in [0.5, 0.6) is 5.75 Å². The zero-order valence-corrected chi connectivity index (χ0v) is 16.8. The van der Waals surface area contributed by atoms with Gasteiger partial charge in [0.25, 0.3) is 5.56 Å². The maximum absolute atomic E-state index is 12.5. The number of H-pyrrole nitrogens is 2. The van der Waals surface area contributed by atoms with Crippen molar-refractivity contribution < 1.29 is 4.74 Å². The molecule has 154 valence electrons. The molecule has 3 heterocycles. The number of nitrogens with one attached hydrogen (secondary N) is 3. The van der Waals surface area contributed by atoms with E-state index in [9.17, 15) is 4.79 Å². The van der Waals surface area contributed by atoms with Gasteiger partial charge in [-0.05, 0) is 42.8 Å². The molecule has 7 nitrogen and oxygen atoms in total. The van der Waals surface area contributed by atoms with Crippen molar-refractivity contribution >= 4 is 21.9 Å². The van der Waals surface area contributed by atoms with Crippen molar-refractivity contribution in [3.8, 4) is 17.1 Å². The van der Waals surface area contributed by atoms with E-state index in [2.05, 4.69) is 25.2 Å². The van der Waals surface area contributed by atoms with Crippen LogP contribution in [0, 0.1) is 0 Å². The molecule has 2 aromatic heterocycles. The van der Waals surface area contributed by atoms with Crippen LogP contribution in [0.25, 0.3) is 33.3 Å². The van der Waals surface area contributed by atoms with Crippen LogP contribution in [0.3, 0.4) is 0 Å². The number of ether oxygens (including phenoxy) is 1. The molecule has 0 saturated carbocycles. The minimum Gasteiger partial charge on any atom is -0.494 e. The van der Waals surface area contributed by atoms with Crippen LogP contribution in [-0.4, -0.2) is 59.2 Å². The van der Waals surface area contributed by atoms with E-state index in [4.69, 9.17) is 4.74 Å². The van der Waals surface area contributed by atoms with E-state index in [1.165, 1.54) is 0 Å². The number of aromatic amines is 2. The molecule has 0 atom stereocenters. The van der Waals surface area contributed by atoms with E-state index in [1.807, 2.05) is 48.5 Å². The second-order valence-electron chi connectivity index (χ2n) is 7.66. The lowest BCUT2D eigenvalue weighted by molar-refractivity contribution is 0.214. The second-order valence-corrected chi connectivity index (χ2v) is 7.66. The van der Waals surface area contributed by atoms with Crippen LogP contribution >= 0.6 is 0 Å². The Morgan fingerprint density at radius 1 is 1.00 bits per heavy atom. The van der Waals surface area contributed by atoms with Gasteiger partial charge in [-0.15, -0.1) is 0 Å². The van der Waals surface area contributed by atoms with Gasteiger partial charge in [0.2, 0.25) is 0 Å². The number of rotatable bonds is 6. The fourth-order valence-corrected chi connectivity index (χ4v) is 3.95. The van der Waals surface area contributed by atoms with Crippen molar-refractivity contribution in [2.24, 2.45) is 0 Å². The zero-order valence-electron chi connectivity index (χ0n) is 16.8. The Morgan fingerprint density at radius 3 is 2.77 bits per heavy atom. The molecule has 1 fully saturated rings. The molecule has 7 heteroatoms. The quantitative estimate of drug-likeness (QED) is 0.431. The number of hydrogen-bond donors (Lipinski definition) is 3. The monoisotopic (exact) mass is 403 g/mol. The Labute approximate surface area is 174 Å². The zero-order chi connectivity index (χ0) is 20.3. The highest BCUT2D eigenvalue weighted by Gasteiger charge is 2.12. The first kappa shape index (κ1) is 18.8. The van der Waals surface area contributed by atoms with Gasteiger partial charge in [0.15, 0.2) is 5.69 Å². The lowest BCUT2D eigenvalue weighted by Gasteiger charge is -2.26. The van der Waals surface area contributed by atoms with Gasteiger partial charge >= 0.3 is 0 Å². The molecule has 4 aromatic rings. The molecule has 1 aliphatic rings. The average molecular weight is 403 g/mol. The molecule has 3 N–H and O–H groups in total. The van der Waals surface area contributed by atoms with Crippen molar-refractivity contribution in [2.45, 2.75) is 6.42 Å². The molecule has 30 heavy (non-hydrogen) atoms. The first-order chi connectivity index (χ1) is 14.8. The van der Waals surface area contributed by atoms with Crippen LogP contribution in [0.1, 0.15) is 6.42 Å². The summed E-state index contributed by atoms with van der Waals surface area (Å²) in [6.45, 7) is 6.12. The lowest BCUT2D eigenvalue weighted by atomic mass is 10.2. The van der Waals surface area contributed by atoms with Gasteiger partial charge in [0.05, 0.1) is 23.3 Å². The third-order valence-corrected chi connectivity index (χ3v) is 5.54. The first-order valence-corrected chi connectivity index (χ1v) is 10.4. The number of aromatic nitrogens is 3. The number of para-hydroxylation sites is 2. The van der Waals surface area contributed by atoms with Gasteiger partial charge < -0.3 is 24.9 Å². The number of piperazine rings is 1. The second kappa shape index (κ2) is 8.30. The van der Waals surface area contributed by atoms with Gasteiger partial charge in [0.1, 0.15) is 5.75 Å². The van der Waals surface area contributed by atoms with E-state index < -0.39 is 0 Å². The van der Waals surface area contributed by atoms with Gasteiger partial charge in [-0.3, -0.25) is 4.79 Å². The van der Waals surface area contributed by atoms with Crippen LogP contribution < -0.4 is 15.6 Å². The summed E-state index contributed by atoms with van der Waals surface area (Å²) < 4.78 is 5.96. The number of fused-ring (bicyclic) bond motifs is 2. The van der Waals surface area contributed by atoms with Crippen molar-refractivity contribution in [3.05, 3.63) is 58.9 Å². The molecule has 0 aliphatic carbocycles. The van der Waals surface area contributed by atoms with Crippen molar-refractivity contribution in [3.63, 3.8) is 0 Å². The summed E-state index contributed by atoms with van der Waals surface area (Å²) >= 11 is 0.